The van der Waals surface area contributed by atoms with Gasteiger partial charge in [0.15, 0.2) is 17.3 Å². The lowest BCUT2D eigenvalue weighted by Crippen LogP contribution is -2.27. The average molecular weight is 456 g/mol. The van der Waals surface area contributed by atoms with Crippen LogP contribution in [-0.4, -0.2) is 18.4 Å². The second-order valence-corrected chi connectivity index (χ2v) is 9.17. The molecule has 0 unspecified atom stereocenters. The van der Waals surface area contributed by atoms with Crippen molar-refractivity contribution in [1.29, 1.82) is 0 Å². The van der Waals surface area contributed by atoms with Gasteiger partial charge in [0.05, 0.1) is 18.6 Å². The zero-order chi connectivity index (χ0) is 23.8. The number of carbonyl (C=O) groups is 2. The summed E-state index contributed by atoms with van der Waals surface area (Å²) in [5.41, 5.74) is 5.06. The van der Waals surface area contributed by atoms with E-state index in [1.54, 1.807) is 19.9 Å². The van der Waals surface area contributed by atoms with Crippen molar-refractivity contribution in [3.05, 3.63) is 71.3 Å². The molecule has 0 bridgehead atoms. The number of carbonyl (C=O) groups excluding carboxylic acids is 2. The molecule has 5 nitrogen and oxygen atoms in total. The van der Waals surface area contributed by atoms with Crippen LogP contribution in [0, 0.1) is 5.92 Å². The van der Waals surface area contributed by atoms with Gasteiger partial charge in [0.1, 0.15) is 0 Å². The van der Waals surface area contributed by atoms with Crippen molar-refractivity contribution in [1.82, 2.24) is 0 Å². The van der Waals surface area contributed by atoms with Crippen molar-refractivity contribution in [2.45, 2.75) is 46.1 Å². The van der Waals surface area contributed by atoms with E-state index in [2.05, 4.69) is 29.6 Å². The summed E-state index contributed by atoms with van der Waals surface area (Å²) in [4.78, 5) is 25.4. The molecular weight excluding hydrogens is 426 g/mol. The topological polar surface area (TPSA) is 64.6 Å². The first-order valence-electron chi connectivity index (χ1n) is 12.0. The van der Waals surface area contributed by atoms with Gasteiger partial charge in [-0.1, -0.05) is 50.2 Å². The number of nitrogens with one attached hydrogen (secondary N) is 1. The van der Waals surface area contributed by atoms with Crippen LogP contribution in [0.1, 0.15) is 57.2 Å². The Morgan fingerprint density at radius 3 is 2.68 bits per heavy atom. The molecule has 3 aromatic carbocycles. The van der Waals surface area contributed by atoms with Gasteiger partial charge in [-0.15, -0.1) is 0 Å². The van der Waals surface area contributed by atoms with E-state index in [9.17, 15) is 9.59 Å². The Kier molecular flexibility index (Phi) is 5.86. The van der Waals surface area contributed by atoms with Gasteiger partial charge < -0.3 is 14.8 Å². The predicted octanol–water partition coefficient (Wildman–Crippen LogP) is 6.47. The maximum atomic E-state index is 13.3. The molecular formula is C29H29NO4. The fraction of sp³-hybridized carbons (Fsp3) is 0.310. The van der Waals surface area contributed by atoms with Crippen molar-refractivity contribution in [3.8, 4) is 11.5 Å². The van der Waals surface area contributed by atoms with Gasteiger partial charge in [-0.2, -0.15) is 0 Å². The molecule has 2 aliphatic rings. The van der Waals surface area contributed by atoms with Crippen molar-refractivity contribution in [2.24, 2.45) is 5.92 Å². The normalized spacial score (nSPS) is 17.3. The van der Waals surface area contributed by atoms with Crippen LogP contribution < -0.4 is 14.8 Å². The minimum absolute atomic E-state index is 0.186. The number of ether oxygens (including phenoxy) is 2. The number of rotatable bonds is 5. The lowest BCUT2D eigenvalue weighted by Gasteiger charge is -2.35. The fourth-order valence-corrected chi connectivity index (χ4v) is 4.94. The number of esters is 1. The highest BCUT2D eigenvalue weighted by Gasteiger charge is 2.35. The number of anilines is 1. The number of benzene rings is 3. The molecule has 34 heavy (non-hydrogen) atoms. The fourth-order valence-electron chi connectivity index (χ4n) is 4.94. The van der Waals surface area contributed by atoms with Crippen LogP contribution in [-0.2, 0) is 9.59 Å². The molecule has 1 aliphatic carbocycles. The Bertz CT molecular complexity index is 1320. The van der Waals surface area contributed by atoms with Gasteiger partial charge in [0, 0.05) is 23.2 Å². The standard InChI is InChI=1S/C29H29NO4/c1-4-33-25-16-19(13-15-24(25)34-29(32)17(2)3)28-27-21(10-7-11-23(27)31)26-20-9-6-5-8-18(20)12-14-22(26)30-28/h5-6,8-9,12-17,28,30H,4,7,10-11H2,1-3H3/t28-/m0/s1. The SMILES string of the molecule is CCOc1cc([C@@H]2Nc3ccc4ccccc4c3C3=C2C(=O)CCC3)ccc1OC(=O)C(C)C. The third kappa shape index (κ3) is 3.85. The molecule has 3 aromatic rings. The van der Waals surface area contributed by atoms with Crippen LogP contribution in [0.3, 0.4) is 0 Å². The summed E-state index contributed by atoms with van der Waals surface area (Å²) < 4.78 is 11.4. The molecule has 5 rings (SSSR count). The quantitative estimate of drug-likeness (QED) is 0.353. The number of Topliss-reactive ketones (excluding diaryl/α,β-unsaturated/α-hetero) is 1. The molecule has 1 atom stereocenters. The third-order valence-corrected chi connectivity index (χ3v) is 6.56. The largest absolute Gasteiger partial charge is 0.490 e. The van der Waals surface area contributed by atoms with Crippen LogP contribution >= 0.6 is 0 Å². The summed E-state index contributed by atoms with van der Waals surface area (Å²) in [7, 11) is 0. The Hall–Kier alpha value is -3.60. The molecule has 0 saturated carbocycles. The van der Waals surface area contributed by atoms with Gasteiger partial charge >= 0.3 is 5.97 Å². The monoisotopic (exact) mass is 455 g/mol. The summed E-state index contributed by atoms with van der Waals surface area (Å²) in [6.45, 7) is 5.93. The number of ketones is 1. The predicted molar refractivity (Wildman–Crippen MR) is 134 cm³/mol. The minimum atomic E-state index is -0.308. The van der Waals surface area contributed by atoms with Gasteiger partial charge in [0.25, 0.3) is 0 Å². The lowest BCUT2D eigenvalue weighted by molar-refractivity contribution is -0.137. The second-order valence-electron chi connectivity index (χ2n) is 9.17. The lowest BCUT2D eigenvalue weighted by atomic mass is 9.77. The summed E-state index contributed by atoms with van der Waals surface area (Å²) in [6, 6.07) is 17.8. The molecule has 0 spiro atoms. The van der Waals surface area contributed by atoms with Crippen LogP contribution in [0.25, 0.3) is 16.3 Å². The Labute approximate surface area is 199 Å². The molecule has 1 aliphatic heterocycles. The first kappa shape index (κ1) is 22.2. The summed E-state index contributed by atoms with van der Waals surface area (Å²) in [5.74, 6) is 0.539. The van der Waals surface area contributed by atoms with E-state index in [-0.39, 0.29) is 23.7 Å². The van der Waals surface area contributed by atoms with Crippen molar-refractivity contribution in [2.75, 3.05) is 11.9 Å². The number of hydrogen-bond acceptors (Lipinski definition) is 5. The van der Waals surface area contributed by atoms with Gasteiger partial charge in [-0.25, -0.2) is 0 Å². The van der Waals surface area contributed by atoms with Crippen molar-refractivity contribution >= 4 is 33.8 Å². The highest BCUT2D eigenvalue weighted by Crippen LogP contribution is 2.48. The Balaban J connectivity index is 1.63. The van der Waals surface area contributed by atoms with E-state index >= 15 is 0 Å². The van der Waals surface area contributed by atoms with E-state index < -0.39 is 0 Å². The van der Waals surface area contributed by atoms with Gasteiger partial charge in [-0.3, -0.25) is 9.59 Å². The number of hydrogen-bond donors (Lipinski definition) is 1. The summed E-state index contributed by atoms with van der Waals surface area (Å²) in [5, 5.41) is 5.97. The Morgan fingerprint density at radius 1 is 1.06 bits per heavy atom. The molecule has 0 fully saturated rings. The van der Waals surface area contributed by atoms with E-state index in [0.29, 0.717) is 24.5 Å². The number of allylic oxidation sites excluding steroid dienone is 1. The molecule has 0 amide bonds. The van der Waals surface area contributed by atoms with Gasteiger partial charge in [-0.05, 0) is 59.9 Å². The van der Waals surface area contributed by atoms with E-state index in [1.165, 1.54) is 10.8 Å². The molecule has 5 heteroatoms. The van der Waals surface area contributed by atoms with Gasteiger partial charge in [0.2, 0.25) is 0 Å². The maximum Gasteiger partial charge on any atom is 0.313 e. The maximum absolute atomic E-state index is 13.3. The Morgan fingerprint density at radius 2 is 1.88 bits per heavy atom. The zero-order valence-electron chi connectivity index (χ0n) is 19.8. The minimum Gasteiger partial charge on any atom is -0.490 e. The van der Waals surface area contributed by atoms with E-state index in [4.69, 9.17) is 9.47 Å². The first-order valence-corrected chi connectivity index (χ1v) is 12.0. The first-order chi connectivity index (χ1) is 16.5. The number of fused-ring (bicyclic) bond motifs is 4. The summed E-state index contributed by atoms with van der Waals surface area (Å²) in [6.07, 6.45) is 2.30. The van der Waals surface area contributed by atoms with Crippen LogP contribution in [0.15, 0.2) is 60.2 Å². The van der Waals surface area contributed by atoms with Crippen molar-refractivity contribution < 1.29 is 19.1 Å². The van der Waals surface area contributed by atoms with E-state index in [0.717, 1.165) is 40.8 Å². The second kappa shape index (κ2) is 8.98. The smallest absolute Gasteiger partial charge is 0.313 e. The molecule has 174 valence electrons. The average Bonchev–Trinajstić information content (AvgIpc) is 2.84. The molecule has 0 saturated heterocycles. The highest BCUT2D eigenvalue weighted by atomic mass is 16.6. The molecule has 0 aromatic heterocycles. The van der Waals surface area contributed by atoms with Crippen molar-refractivity contribution in [3.63, 3.8) is 0 Å². The summed E-state index contributed by atoms with van der Waals surface area (Å²) >= 11 is 0. The molecule has 1 N–H and O–H groups in total. The molecule has 0 radical (unpaired) electrons. The van der Waals surface area contributed by atoms with Crippen LogP contribution in [0.5, 0.6) is 11.5 Å². The highest BCUT2D eigenvalue weighted by molar-refractivity contribution is 6.12. The van der Waals surface area contributed by atoms with E-state index in [1.807, 2.05) is 31.2 Å². The van der Waals surface area contributed by atoms with Crippen LogP contribution in [0.4, 0.5) is 5.69 Å². The molecule has 1 heterocycles. The van der Waals surface area contributed by atoms with Crippen LogP contribution in [0.2, 0.25) is 0 Å². The zero-order valence-corrected chi connectivity index (χ0v) is 19.8. The third-order valence-electron chi connectivity index (χ3n) is 6.56.